The number of aliphatic hydroxyl groups excluding tert-OH is 1. The molecule has 2 atom stereocenters. The van der Waals surface area contributed by atoms with Crippen LogP contribution in [0.1, 0.15) is 42.9 Å². The minimum atomic E-state index is -0.650. The van der Waals surface area contributed by atoms with Gasteiger partial charge in [0.05, 0.1) is 11.7 Å². The normalized spacial score (nSPS) is 24.2. The number of hydrogen-bond donors (Lipinski definition) is 3. The smallest absolute Gasteiger partial charge is 0.262 e. The first kappa shape index (κ1) is 18.4. The molecule has 7 nitrogen and oxygen atoms in total. The van der Waals surface area contributed by atoms with Crippen LogP contribution in [0.2, 0.25) is 0 Å². The first-order chi connectivity index (χ1) is 14.1. The minimum Gasteiger partial charge on any atom is -0.484 e. The van der Waals surface area contributed by atoms with Gasteiger partial charge in [-0.3, -0.25) is 9.78 Å². The monoisotopic (exact) mass is 395 g/mol. The van der Waals surface area contributed by atoms with Crippen LogP contribution in [0.4, 0.5) is 5.69 Å². The van der Waals surface area contributed by atoms with Crippen LogP contribution in [0, 0.1) is 0 Å². The Morgan fingerprint density at radius 1 is 1.28 bits per heavy atom. The standard InChI is InChI=1S/C22H25N3O4/c26-19-13-28-18-10-15-17(11-16(18)25-19)29-22(6-1-2-7-22)21(27)20(15)24-9-5-14-4-3-8-23-12-14/h3-4,8,10-12,20-21,24,27H,1-2,5-7,9,13H2,(H,25,26). The summed E-state index contributed by atoms with van der Waals surface area (Å²) in [4.78, 5) is 15.9. The molecule has 3 aliphatic rings. The Morgan fingerprint density at radius 3 is 2.93 bits per heavy atom. The van der Waals surface area contributed by atoms with Crippen molar-refractivity contribution in [1.82, 2.24) is 10.3 Å². The predicted molar refractivity (Wildman–Crippen MR) is 107 cm³/mol. The van der Waals surface area contributed by atoms with Gasteiger partial charge < -0.3 is 25.2 Å². The zero-order valence-electron chi connectivity index (χ0n) is 16.2. The molecular weight excluding hydrogens is 370 g/mol. The van der Waals surface area contributed by atoms with Crippen LogP contribution in [0.25, 0.3) is 0 Å². The molecule has 1 saturated carbocycles. The number of anilines is 1. The van der Waals surface area contributed by atoms with E-state index in [4.69, 9.17) is 9.47 Å². The van der Waals surface area contributed by atoms with E-state index in [-0.39, 0.29) is 18.6 Å². The Bertz CT molecular complexity index is 912. The van der Waals surface area contributed by atoms with Gasteiger partial charge in [0.2, 0.25) is 0 Å². The molecule has 3 heterocycles. The molecule has 2 unspecified atom stereocenters. The van der Waals surface area contributed by atoms with E-state index in [1.807, 2.05) is 30.5 Å². The lowest BCUT2D eigenvalue weighted by atomic mass is 9.82. The maximum Gasteiger partial charge on any atom is 0.262 e. The van der Waals surface area contributed by atoms with Crippen LogP contribution in [0.3, 0.4) is 0 Å². The fourth-order valence-electron chi connectivity index (χ4n) is 4.72. The first-order valence-electron chi connectivity index (χ1n) is 10.2. The fraction of sp³-hybridized carbons (Fsp3) is 0.455. The van der Waals surface area contributed by atoms with E-state index in [0.29, 0.717) is 23.7 Å². The molecule has 7 heteroatoms. The van der Waals surface area contributed by atoms with Crippen molar-refractivity contribution in [1.29, 1.82) is 0 Å². The zero-order chi connectivity index (χ0) is 19.8. The Kier molecular flexibility index (Phi) is 4.64. The quantitative estimate of drug-likeness (QED) is 0.736. The van der Waals surface area contributed by atoms with Crippen LogP contribution < -0.4 is 20.1 Å². The van der Waals surface area contributed by atoms with E-state index in [9.17, 15) is 9.90 Å². The molecule has 1 spiro atoms. The van der Waals surface area contributed by atoms with Crippen molar-refractivity contribution in [3.05, 3.63) is 47.8 Å². The number of aliphatic hydroxyl groups is 1. The lowest BCUT2D eigenvalue weighted by molar-refractivity contribution is -0.118. The van der Waals surface area contributed by atoms with Crippen molar-refractivity contribution in [2.45, 2.75) is 49.9 Å². The van der Waals surface area contributed by atoms with E-state index < -0.39 is 11.7 Å². The summed E-state index contributed by atoms with van der Waals surface area (Å²) in [6.07, 6.45) is 7.53. The lowest BCUT2D eigenvalue weighted by Gasteiger charge is -2.45. The highest BCUT2D eigenvalue weighted by molar-refractivity contribution is 5.95. The maximum absolute atomic E-state index is 11.7. The van der Waals surface area contributed by atoms with Gasteiger partial charge in [-0.15, -0.1) is 0 Å². The van der Waals surface area contributed by atoms with Gasteiger partial charge in [0, 0.05) is 24.0 Å². The summed E-state index contributed by atoms with van der Waals surface area (Å²) in [6, 6.07) is 7.44. The molecule has 29 heavy (non-hydrogen) atoms. The average molecular weight is 395 g/mol. The van der Waals surface area contributed by atoms with E-state index in [0.717, 1.165) is 43.2 Å². The summed E-state index contributed by atoms with van der Waals surface area (Å²) < 4.78 is 12.0. The molecular formula is C22H25N3O4. The number of hydrogen-bond acceptors (Lipinski definition) is 6. The summed E-state index contributed by atoms with van der Waals surface area (Å²) in [5.74, 6) is 1.15. The Balaban J connectivity index is 1.45. The zero-order valence-corrected chi connectivity index (χ0v) is 16.2. The van der Waals surface area contributed by atoms with Gasteiger partial charge in [0.25, 0.3) is 5.91 Å². The van der Waals surface area contributed by atoms with E-state index in [2.05, 4.69) is 15.6 Å². The maximum atomic E-state index is 11.7. The number of pyridine rings is 1. The summed E-state index contributed by atoms with van der Waals surface area (Å²) in [7, 11) is 0. The summed E-state index contributed by atoms with van der Waals surface area (Å²) in [6.45, 7) is 0.704. The number of nitrogens with zero attached hydrogens (tertiary/aromatic N) is 1. The van der Waals surface area contributed by atoms with E-state index >= 15 is 0 Å². The summed E-state index contributed by atoms with van der Waals surface area (Å²) in [5.41, 5.74) is 2.07. The first-order valence-corrected chi connectivity index (χ1v) is 10.2. The number of carbonyl (C=O) groups is 1. The molecule has 1 fully saturated rings. The number of carbonyl (C=O) groups excluding carboxylic acids is 1. The molecule has 1 amide bonds. The topological polar surface area (TPSA) is 92.7 Å². The predicted octanol–water partition coefficient (Wildman–Crippen LogP) is 2.35. The van der Waals surface area contributed by atoms with Gasteiger partial charge in [-0.05, 0) is 56.3 Å². The number of nitrogens with one attached hydrogen (secondary N) is 2. The number of amides is 1. The van der Waals surface area contributed by atoms with E-state index in [1.165, 1.54) is 0 Å². The highest BCUT2D eigenvalue weighted by Gasteiger charge is 2.51. The van der Waals surface area contributed by atoms with Gasteiger partial charge in [0.15, 0.2) is 6.61 Å². The SMILES string of the molecule is O=C1COc2cc3c(cc2N1)OC1(CCCC1)C(O)C3NCCc1cccnc1. The molecule has 1 aliphatic carbocycles. The number of ether oxygens (including phenoxy) is 2. The van der Waals surface area contributed by atoms with Crippen molar-refractivity contribution in [3.63, 3.8) is 0 Å². The third kappa shape index (κ3) is 3.34. The second-order valence-electron chi connectivity index (χ2n) is 8.08. The third-order valence-electron chi connectivity index (χ3n) is 6.20. The van der Waals surface area contributed by atoms with Crippen LogP contribution in [0.5, 0.6) is 11.5 Å². The van der Waals surface area contributed by atoms with Crippen molar-refractivity contribution in [3.8, 4) is 11.5 Å². The molecule has 2 aromatic rings. The van der Waals surface area contributed by atoms with Crippen LogP contribution in [-0.2, 0) is 11.2 Å². The van der Waals surface area contributed by atoms with Gasteiger partial charge in [0.1, 0.15) is 23.2 Å². The van der Waals surface area contributed by atoms with Crippen molar-refractivity contribution >= 4 is 11.6 Å². The molecule has 3 N–H and O–H groups in total. The molecule has 5 rings (SSSR count). The van der Waals surface area contributed by atoms with Crippen LogP contribution in [0.15, 0.2) is 36.7 Å². The number of fused-ring (bicyclic) bond motifs is 2. The lowest BCUT2D eigenvalue weighted by Crippen LogP contribution is -2.55. The van der Waals surface area contributed by atoms with Crippen molar-refractivity contribution in [2.24, 2.45) is 0 Å². The van der Waals surface area contributed by atoms with Gasteiger partial charge in [-0.25, -0.2) is 0 Å². The Hall–Kier alpha value is -2.64. The number of benzene rings is 1. The summed E-state index contributed by atoms with van der Waals surface area (Å²) >= 11 is 0. The van der Waals surface area contributed by atoms with Crippen LogP contribution in [-0.4, -0.2) is 40.9 Å². The van der Waals surface area contributed by atoms with Crippen molar-refractivity contribution < 1.29 is 19.4 Å². The van der Waals surface area contributed by atoms with Crippen LogP contribution >= 0.6 is 0 Å². The largest absolute Gasteiger partial charge is 0.484 e. The molecule has 1 aromatic carbocycles. The molecule has 0 radical (unpaired) electrons. The molecule has 152 valence electrons. The molecule has 0 bridgehead atoms. The number of aromatic nitrogens is 1. The second-order valence-corrected chi connectivity index (χ2v) is 8.08. The fourth-order valence-corrected chi connectivity index (χ4v) is 4.72. The second kappa shape index (κ2) is 7.31. The van der Waals surface area contributed by atoms with E-state index in [1.54, 1.807) is 6.20 Å². The van der Waals surface area contributed by atoms with Gasteiger partial charge in [-0.2, -0.15) is 0 Å². The Morgan fingerprint density at radius 2 is 2.14 bits per heavy atom. The highest BCUT2D eigenvalue weighted by atomic mass is 16.5. The number of rotatable bonds is 4. The van der Waals surface area contributed by atoms with Gasteiger partial charge in [-0.1, -0.05) is 6.07 Å². The van der Waals surface area contributed by atoms with Gasteiger partial charge >= 0.3 is 0 Å². The minimum absolute atomic E-state index is 0.00175. The summed E-state index contributed by atoms with van der Waals surface area (Å²) in [5, 5.41) is 17.7. The Labute approximate surface area is 169 Å². The van der Waals surface area contributed by atoms with Crippen molar-refractivity contribution in [2.75, 3.05) is 18.5 Å². The highest BCUT2D eigenvalue weighted by Crippen LogP contribution is 2.50. The average Bonchev–Trinajstić information content (AvgIpc) is 3.20. The molecule has 0 saturated heterocycles. The molecule has 2 aliphatic heterocycles. The molecule has 1 aromatic heterocycles. The third-order valence-corrected chi connectivity index (χ3v) is 6.20.